The van der Waals surface area contributed by atoms with Crippen molar-refractivity contribution < 1.29 is 14.3 Å². The van der Waals surface area contributed by atoms with Crippen LogP contribution in [0.3, 0.4) is 0 Å². The fourth-order valence-electron chi connectivity index (χ4n) is 4.12. The summed E-state index contributed by atoms with van der Waals surface area (Å²) in [4.78, 5) is 28.9. The maximum atomic E-state index is 13.7. The van der Waals surface area contributed by atoms with E-state index in [2.05, 4.69) is 5.32 Å². The summed E-state index contributed by atoms with van der Waals surface area (Å²) in [6.07, 6.45) is -0.599. The third-order valence-electron chi connectivity index (χ3n) is 5.44. The summed E-state index contributed by atoms with van der Waals surface area (Å²) >= 11 is 6.74. The van der Waals surface area contributed by atoms with Crippen molar-refractivity contribution in [2.45, 2.75) is 45.5 Å². The molecule has 4 rings (SSSR count). The number of ketones is 1. The van der Waals surface area contributed by atoms with Crippen molar-refractivity contribution in [3.8, 4) is 0 Å². The fraction of sp³-hybridized carbons (Fsp3) is 0.360. The van der Waals surface area contributed by atoms with Gasteiger partial charge in [0.15, 0.2) is 0 Å². The van der Waals surface area contributed by atoms with Gasteiger partial charge in [-0.2, -0.15) is 0 Å². The first-order chi connectivity index (χ1) is 15.1. The standard InChI is InChI=1S/C25H28ClN3O3/c1-25(2,3)32-24(31)29-19-11-10-16(14-28(4)5)21(26)18(19)12-20(29)23(30)22-17-9-7-6-8-15(17)13-27-22/h6-12,22,27H,13-14H2,1-5H3. The van der Waals surface area contributed by atoms with Crippen molar-refractivity contribution in [2.24, 2.45) is 0 Å². The van der Waals surface area contributed by atoms with Crippen LogP contribution in [0.2, 0.25) is 5.02 Å². The second-order valence-corrected chi connectivity index (χ2v) is 9.81. The molecule has 3 aromatic rings. The molecule has 1 N–H and O–H groups in total. The van der Waals surface area contributed by atoms with Gasteiger partial charge in [-0.1, -0.05) is 41.9 Å². The molecular weight excluding hydrogens is 426 g/mol. The zero-order valence-corrected chi connectivity index (χ0v) is 19.8. The van der Waals surface area contributed by atoms with Crippen LogP contribution in [0.15, 0.2) is 42.5 Å². The van der Waals surface area contributed by atoms with Crippen molar-refractivity contribution >= 4 is 34.4 Å². The predicted octanol–water partition coefficient (Wildman–Crippen LogP) is 5.17. The van der Waals surface area contributed by atoms with E-state index in [9.17, 15) is 9.59 Å². The molecule has 2 aromatic carbocycles. The molecule has 0 saturated heterocycles. The van der Waals surface area contributed by atoms with Crippen LogP contribution in [0.25, 0.3) is 10.9 Å². The van der Waals surface area contributed by atoms with Gasteiger partial charge in [0.1, 0.15) is 5.60 Å². The van der Waals surface area contributed by atoms with Gasteiger partial charge in [-0.05, 0) is 63.7 Å². The number of benzene rings is 2. The molecule has 0 radical (unpaired) electrons. The van der Waals surface area contributed by atoms with Crippen molar-refractivity contribution in [3.63, 3.8) is 0 Å². The minimum absolute atomic E-state index is 0.192. The van der Waals surface area contributed by atoms with Gasteiger partial charge in [-0.15, -0.1) is 0 Å². The van der Waals surface area contributed by atoms with E-state index in [-0.39, 0.29) is 11.5 Å². The Balaban J connectivity index is 1.86. The van der Waals surface area contributed by atoms with E-state index >= 15 is 0 Å². The average molecular weight is 454 g/mol. The van der Waals surface area contributed by atoms with Gasteiger partial charge in [-0.3, -0.25) is 10.1 Å². The molecule has 2 heterocycles. The van der Waals surface area contributed by atoms with E-state index in [0.717, 1.165) is 16.7 Å². The Hall–Kier alpha value is -2.67. The van der Waals surface area contributed by atoms with Crippen LogP contribution >= 0.6 is 11.6 Å². The molecule has 7 heteroatoms. The van der Waals surface area contributed by atoms with Crippen LogP contribution < -0.4 is 5.32 Å². The Morgan fingerprint density at radius 1 is 1.19 bits per heavy atom. The molecule has 168 valence electrons. The first kappa shape index (κ1) is 22.5. The minimum atomic E-state index is -0.707. The van der Waals surface area contributed by atoms with E-state index < -0.39 is 17.7 Å². The molecule has 0 spiro atoms. The lowest BCUT2D eigenvalue weighted by atomic mass is 10.00. The third-order valence-corrected chi connectivity index (χ3v) is 5.89. The van der Waals surface area contributed by atoms with Crippen LogP contribution in [0.4, 0.5) is 4.79 Å². The molecule has 0 bridgehead atoms. The summed E-state index contributed by atoms with van der Waals surface area (Å²) in [5.41, 5.74) is 3.04. The summed E-state index contributed by atoms with van der Waals surface area (Å²) < 4.78 is 7.01. The monoisotopic (exact) mass is 453 g/mol. The number of ether oxygens (including phenoxy) is 1. The number of carbonyl (C=O) groups is 2. The number of hydrogen-bond donors (Lipinski definition) is 1. The maximum Gasteiger partial charge on any atom is 0.419 e. The Bertz CT molecular complexity index is 1210. The van der Waals surface area contributed by atoms with Crippen LogP contribution in [0.1, 0.15) is 54.0 Å². The number of rotatable bonds is 4. The molecule has 1 atom stereocenters. The number of carbonyl (C=O) groups excluding carboxylic acids is 2. The first-order valence-corrected chi connectivity index (χ1v) is 11.0. The molecule has 32 heavy (non-hydrogen) atoms. The van der Waals surface area contributed by atoms with E-state index in [1.807, 2.05) is 55.4 Å². The molecule has 1 aromatic heterocycles. The van der Waals surface area contributed by atoms with Crippen molar-refractivity contribution in [3.05, 3.63) is 69.9 Å². The Morgan fingerprint density at radius 2 is 1.91 bits per heavy atom. The van der Waals surface area contributed by atoms with Crippen molar-refractivity contribution in [1.29, 1.82) is 0 Å². The highest BCUT2D eigenvalue weighted by molar-refractivity contribution is 6.36. The third kappa shape index (κ3) is 4.18. The number of halogens is 1. The Labute approximate surface area is 193 Å². The largest absolute Gasteiger partial charge is 0.443 e. The quantitative estimate of drug-likeness (QED) is 0.552. The van der Waals surface area contributed by atoms with Crippen LogP contribution in [0.5, 0.6) is 0 Å². The number of nitrogens with zero attached hydrogens (tertiary/aromatic N) is 2. The maximum absolute atomic E-state index is 13.7. The van der Waals surface area contributed by atoms with Crippen LogP contribution in [0, 0.1) is 0 Å². The molecule has 0 amide bonds. The highest BCUT2D eigenvalue weighted by Gasteiger charge is 2.33. The number of aromatic nitrogens is 1. The molecule has 0 saturated carbocycles. The number of Topliss-reactive ketones (excluding diaryl/α,β-unsaturated/α-hetero) is 1. The fourth-order valence-corrected chi connectivity index (χ4v) is 4.39. The molecule has 0 aliphatic carbocycles. The van der Waals surface area contributed by atoms with Gasteiger partial charge in [-0.25, -0.2) is 9.36 Å². The van der Waals surface area contributed by atoms with Gasteiger partial charge in [0.05, 0.1) is 22.3 Å². The molecule has 0 fully saturated rings. The summed E-state index contributed by atoms with van der Waals surface area (Å²) in [5.74, 6) is -0.192. The molecule has 1 unspecified atom stereocenters. The predicted molar refractivity (Wildman–Crippen MR) is 126 cm³/mol. The molecule has 6 nitrogen and oxygen atoms in total. The van der Waals surface area contributed by atoms with Gasteiger partial charge >= 0.3 is 6.09 Å². The lowest BCUT2D eigenvalue weighted by Crippen LogP contribution is -2.31. The van der Waals surface area contributed by atoms with Crippen LogP contribution in [-0.4, -0.2) is 41.0 Å². The molecule has 1 aliphatic heterocycles. The smallest absolute Gasteiger partial charge is 0.419 e. The lowest BCUT2D eigenvalue weighted by molar-refractivity contribution is 0.0534. The zero-order valence-electron chi connectivity index (χ0n) is 19.0. The first-order valence-electron chi connectivity index (χ1n) is 10.6. The Morgan fingerprint density at radius 3 is 2.59 bits per heavy atom. The Kier molecular flexibility index (Phi) is 5.88. The minimum Gasteiger partial charge on any atom is -0.443 e. The summed E-state index contributed by atoms with van der Waals surface area (Å²) in [5, 5.41) is 4.47. The van der Waals surface area contributed by atoms with Crippen LogP contribution in [-0.2, 0) is 17.8 Å². The SMILES string of the molecule is CN(C)Cc1ccc2c(cc(C(=O)C3NCc4ccccc43)n2C(=O)OC(C)(C)C)c1Cl. The average Bonchev–Trinajstić information content (AvgIpc) is 3.30. The van der Waals surface area contributed by atoms with Crippen molar-refractivity contribution in [2.75, 3.05) is 14.1 Å². The van der Waals surface area contributed by atoms with E-state index in [4.69, 9.17) is 16.3 Å². The van der Waals surface area contributed by atoms with Gasteiger partial charge in [0, 0.05) is 18.5 Å². The highest BCUT2D eigenvalue weighted by Crippen LogP contribution is 2.35. The highest BCUT2D eigenvalue weighted by atomic mass is 35.5. The van der Waals surface area contributed by atoms with E-state index in [0.29, 0.717) is 29.0 Å². The van der Waals surface area contributed by atoms with Gasteiger partial charge in [0.25, 0.3) is 0 Å². The van der Waals surface area contributed by atoms with Gasteiger partial charge in [0.2, 0.25) is 5.78 Å². The summed E-state index contributed by atoms with van der Waals surface area (Å²) in [6, 6.07) is 12.7. The summed E-state index contributed by atoms with van der Waals surface area (Å²) in [7, 11) is 3.93. The normalized spacial score (nSPS) is 15.9. The number of nitrogens with one attached hydrogen (secondary N) is 1. The number of fused-ring (bicyclic) bond motifs is 2. The second kappa shape index (κ2) is 8.35. The molecular formula is C25H28ClN3O3. The zero-order chi connectivity index (χ0) is 23.2. The topological polar surface area (TPSA) is 63.6 Å². The number of hydrogen-bond acceptors (Lipinski definition) is 5. The molecule has 1 aliphatic rings. The van der Waals surface area contributed by atoms with E-state index in [1.54, 1.807) is 26.8 Å². The second-order valence-electron chi connectivity index (χ2n) is 9.43. The summed E-state index contributed by atoms with van der Waals surface area (Å²) in [6.45, 7) is 6.65. The van der Waals surface area contributed by atoms with Gasteiger partial charge < -0.3 is 9.64 Å². The van der Waals surface area contributed by atoms with Crippen molar-refractivity contribution in [1.82, 2.24) is 14.8 Å². The van der Waals surface area contributed by atoms with E-state index in [1.165, 1.54) is 4.57 Å². The lowest BCUT2D eigenvalue weighted by Gasteiger charge is -2.21.